The van der Waals surface area contributed by atoms with Crippen LogP contribution < -0.4 is 19.5 Å². The lowest BCUT2D eigenvalue weighted by atomic mass is 10.2. The molecule has 29 heavy (non-hydrogen) atoms. The van der Waals surface area contributed by atoms with Crippen LogP contribution in [-0.2, 0) is 31.4 Å². The molecule has 0 radical (unpaired) electrons. The second kappa shape index (κ2) is 9.35. The maximum Gasteiger partial charge on any atom is 0.241 e. The van der Waals surface area contributed by atoms with Crippen LogP contribution in [0.3, 0.4) is 0 Å². The highest BCUT2D eigenvalue weighted by Crippen LogP contribution is 2.16. The van der Waals surface area contributed by atoms with Gasteiger partial charge in [0.2, 0.25) is 26.0 Å². The Balaban J connectivity index is 2.01. The van der Waals surface area contributed by atoms with Crippen molar-refractivity contribution in [1.29, 1.82) is 0 Å². The lowest BCUT2D eigenvalue weighted by Crippen LogP contribution is -2.44. The molecule has 1 amide bonds. The number of amides is 1. The summed E-state index contributed by atoms with van der Waals surface area (Å²) < 4.78 is 58.0. The molecule has 9 nitrogen and oxygen atoms in total. The molecule has 0 aliphatic rings. The van der Waals surface area contributed by atoms with Gasteiger partial charge in [-0.3, -0.25) is 4.79 Å². The summed E-state index contributed by atoms with van der Waals surface area (Å²) in [6.45, 7) is 1.46. The molecule has 1 atom stereocenters. The van der Waals surface area contributed by atoms with E-state index in [2.05, 4.69) is 14.8 Å². The minimum Gasteiger partial charge on any atom is -0.497 e. The van der Waals surface area contributed by atoms with Gasteiger partial charge in [-0.25, -0.2) is 21.6 Å². The summed E-state index contributed by atoms with van der Waals surface area (Å²) in [6.07, 6.45) is 0. The third kappa shape index (κ3) is 6.00. The molecule has 0 heterocycles. The second-order valence-electron chi connectivity index (χ2n) is 6.09. The van der Waals surface area contributed by atoms with Crippen LogP contribution in [0.5, 0.6) is 5.75 Å². The zero-order valence-corrected chi connectivity index (χ0v) is 17.8. The first-order valence-electron chi connectivity index (χ1n) is 8.55. The van der Waals surface area contributed by atoms with E-state index in [4.69, 9.17) is 4.74 Å². The molecular formula is C18H23N3O6S2. The minimum absolute atomic E-state index is 0.00271. The van der Waals surface area contributed by atoms with Gasteiger partial charge >= 0.3 is 0 Å². The third-order valence-electron chi connectivity index (χ3n) is 4.04. The number of hydrogen-bond donors (Lipinski definition) is 3. The predicted octanol–water partition coefficient (Wildman–Crippen LogP) is 0.587. The number of hydrogen-bond acceptors (Lipinski definition) is 6. The van der Waals surface area contributed by atoms with Gasteiger partial charge in [-0.05, 0) is 55.9 Å². The van der Waals surface area contributed by atoms with Crippen LogP contribution in [0.25, 0.3) is 0 Å². The fourth-order valence-corrected chi connectivity index (χ4v) is 4.39. The van der Waals surface area contributed by atoms with Crippen molar-refractivity contribution in [3.05, 3.63) is 54.1 Å². The lowest BCUT2D eigenvalue weighted by Gasteiger charge is -2.15. The zero-order valence-electron chi connectivity index (χ0n) is 16.2. The number of rotatable bonds is 9. The summed E-state index contributed by atoms with van der Waals surface area (Å²) in [5.74, 6) is -0.0405. The van der Waals surface area contributed by atoms with Crippen LogP contribution in [0.4, 0.5) is 0 Å². The molecule has 0 saturated carbocycles. The first kappa shape index (κ1) is 22.8. The zero-order chi connectivity index (χ0) is 21.7. The Labute approximate surface area is 170 Å². The van der Waals surface area contributed by atoms with Crippen LogP contribution in [0.2, 0.25) is 0 Å². The second-order valence-corrected chi connectivity index (χ2v) is 9.69. The molecule has 11 heteroatoms. The van der Waals surface area contributed by atoms with E-state index in [0.717, 1.165) is 0 Å². The maximum absolute atomic E-state index is 12.4. The van der Waals surface area contributed by atoms with Gasteiger partial charge in [0.15, 0.2) is 0 Å². The van der Waals surface area contributed by atoms with E-state index >= 15 is 0 Å². The molecule has 0 aromatic heterocycles. The molecule has 0 aliphatic heterocycles. The number of methoxy groups -OCH3 is 1. The average Bonchev–Trinajstić information content (AvgIpc) is 2.71. The van der Waals surface area contributed by atoms with Crippen LogP contribution >= 0.6 is 0 Å². The first-order chi connectivity index (χ1) is 13.6. The number of carbonyl (C=O) groups is 1. The van der Waals surface area contributed by atoms with E-state index in [1.165, 1.54) is 57.5 Å². The number of carbonyl (C=O) groups excluding carboxylic acids is 1. The Morgan fingerprint density at radius 1 is 1.00 bits per heavy atom. The summed E-state index contributed by atoms with van der Waals surface area (Å²) in [6, 6.07) is 10.8. The molecule has 2 aromatic rings. The summed E-state index contributed by atoms with van der Waals surface area (Å²) in [4.78, 5) is 12.3. The molecule has 0 saturated heterocycles. The van der Waals surface area contributed by atoms with Crippen LogP contribution in [0.15, 0.2) is 58.3 Å². The van der Waals surface area contributed by atoms with E-state index in [1.807, 2.05) is 0 Å². The molecule has 158 valence electrons. The monoisotopic (exact) mass is 441 g/mol. The van der Waals surface area contributed by atoms with Gasteiger partial charge in [-0.2, -0.15) is 4.72 Å². The van der Waals surface area contributed by atoms with E-state index in [9.17, 15) is 21.6 Å². The van der Waals surface area contributed by atoms with Crippen molar-refractivity contribution in [1.82, 2.24) is 14.8 Å². The molecule has 0 fully saturated rings. The van der Waals surface area contributed by atoms with Gasteiger partial charge in [0.25, 0.3) is 0 Å². The molecular weight excluding hydrogens is 418 g/mol. The highest BCUT2D eigenvalue weighted by Gasteiger charge is 2.22. The highest BCUT2D eigenvalue weighted by atomic mass is 32.2. The van der Waals surface area contributed by atoms with Crippen molar-refractivity contribution in [2.24, 2.45) is 0 Å². The number of sulfonamides is 2. The highest BCUT2D eigenvalue weighted by molar-refractivity contribution is 7.89. The minimum atomic E-state index is -3.90. The van der Waals surface area contributed by atoms with E-state index in [0.29, 0.717) is 11.3 Å². The number of nitrogens with one attached hydrogen (secondary N) is 3. The van der Waals surface area contributed by atoms with Crippen molar-refractivity contribution < 1.29 is 26.4 Å². The molecule has 0 aliphatic carbocycles. The molecule has 2 rings (SSSR count). The topological polar surface area (TPSA) is 131 Å². The van der Waals surface area contributed by atoms with Crippen LogP contribution in [0, 0.1) is 0 Å². The van der Waals surface area contributed by atoms with E-state index in [1.54, 1.807) is 12.1 Å². The Morgan fingerprint density at radius 3 is 2.24 bits per heavy atom. The molecule has 0 bridgehead atoms. The Morgan fingerprint density at radius 2 is 1.66 bits per heavy atom. The smallest absolute Gasteiger partial charge is 0.241 e. The lowest BCUT2D eigenvalue weighted by molar-refractivity contribution is -0.122. The fourth-order valence-electron chi connectivity index (χ4n) is 2.39. The maximum atomic E-state index is 12.4. The number of ether oxygens (including phenoxy) is 1. The normalized spacial score (nSPS) is 12.9. The summed E-state index contributed by atoms with van der Waals surface area (Å²) in [7, 11) is -4.72. The van der Waals surface area contributed by atoms with Crippen molar-refractivity contribution in [3.8, 4) is 5.75 Å². The van der Waals surface area contributed by atoms with E-state index < -0.39 is 32.0 Å². The van der Waals surface area contributed by atoms with Gasteiger partial charge < -0.3 is 10.1 Å². The average molecular weight is 442 g/mol. The van der Waals surface area contributed by atoms with Crippen LogP contribution in [-0.4, -0.2) is 42.9 Å². The van der Waals surface area contributed by atoms with Gasteiger partial charge in [0, 0.05) is 6.54 Å². The molecule has 2 aromatic carbocycles. The van der Waals surface area contributed by atoms with Gasteiger partial charge in [-0.15, -0.1) is 0 Å². The SMILES string of the molecule is CNS(=O)(=O)c1cccc(CNC(=O)[C@H](C)NS(=O)(=O)c2ccc(OC)cc2)c1. The van der Waals surface area contributed by atoms with Crippen molar-refractivity contribution in [2.75, 3.05) is 14.2 Å². The van der Waals surface area contributed by atoms with E-state index in [-0.39, 0.29) is 16.3 Å². The summed E-state index contributed by atoms with van der Waals surface area (Å²) in [5.41, 5.74) is 0.555. The Kier molecular flexibility index (Phi) is 7.36. The Bertz CT molecular complexity index is 1070. The molecule has 0 spiro atoms. The predicted molar refractivity (Wildman–Crippen MR) is 107 cm³/mol. The van der Waals surface area contributed by atoms with Gasteiger partial charge in [0.1, 0.15) is 5.75 Å². The van der Waals surface area contributed by atoms with Gasteiger partial charge in [-0.1, -0.05) is 12.1 Å². The van der Waals surface area contributed by atoms with Gasteiger partial charge in [0.05, 0.1) is 22.9 Å². The quantitative estimate of drug-likeness (QED) is 0.522. The van der Waals surface area contributed by atoms with Crippen LogP contribution in [0.1, 0.15) is 12.5 Å². The first-order valence-corrected chi connectivity index (χ1v) is 11.5. The summed E-state index contributed by atoms with van der Waals surface area (Å²) >= 11 is 0. The number of benzene rings is 2. The van der Waals surface area contributed by atoms with Crippen molar-refractivity contribution in [2.45, 2.75) is 29.3 Å². The molecule has 3 N–H and O–H groups in total. The summed E-state index contributed by atoms with van der Waals surface area (Å²) in [5, 5.41) is 2.59. The van der Waals surface area contributed by atoms with Crippen molar-refractivity contribution >= 4 is 26.0 Å². The standard InChI is InChI=1S/C18H23N3O6S2/c1-13(21-29(25,26)16-9-7-15(27-3)8-10-16)18(22)20-12-14-5-4-6-17(11-14)28(23,24)19-2/h4-11,13,19,21H,12H2,1-3H3,(H,20,22)/t13-/m0/s1. The van der Waals surface area contributed by atoms with Crippen molar-refractivity contribution in [3.63, 3.8) is 0 Å². The third-order valence-corrected chi connectivity index (χ3v) is 7.01. The molecule has 0 unspecified atom stereocenters. The largest absolute Gasteiger partial charge is 0.497 e. The fraction of sp³-hybridized carbons (Fsp3) is 0.278. The Hall–Kier alpha value is -2.47.